The number of benzene rings is 2. The van der Waals surface area contributed by atoms with E-state index in [0.717, 1.165) is 5.39 Å². The summed E-state index contributed by atoms with van der Waals surface area (Å²) < 4.78 is 4.64. The lowest BCUT2D eigenvalue weighted by Crippen LogP contribution is -3.00. The number of halogens is 2. The summed E-state index contributed by atoms with van der Waals surface area (Å²) in [6.45, 7) is 4.12. The van der Waals surface area contributed by atoms with E-state index in [2.05, 4.69) is 47.8 Å². The number of nitrogens with two attached hydrogens (primary N) is 1. The van der Waals surface area contributed by atoms with Crippen molar-refractivity contribution >= 4 is 62.8 Å². The number of ether oxygens (including phenoxy) is 1. The van der Waals surface area contributed by atoms with Gasteiger partial charge in [0.05, 0.1) is 34.7 Å². The Bertz CT molecular complexity index is 1750. The Morgan fingerprint density at radius 1 is 0.868 bits per heavy atom. The number of fused-ring (bicyclic) bond motifs is 2. The fourth-order valence-electron chi connectivity index (χ4n) is 5.33. The third-order valence-corrected chi connectivity index (χ3v) is 8.38. The number of nitrogens with one attached hydrogen (secondary N) is 5. The van der Waals surface area contributed by atoms with Gasteiger partial charge in [0.2, 0.25) is 17.7 Å². The summed E-state index contributed by atoms with van der Waals surface area (Å²) in [5.74, 6) is -4.15. The monoisotopic (exact) mass is 782 g/mol. The molecule has 1 aromatic heterocycles. The molecule has 0 spiro atoms. The largest absolute Gasteiger partial charge is 1.00 e. The number of rotatable bonds is 20. The van der Waals surface area contributed by atoms with Crippen molar-refractivity contribution in [3.8, 4) is 0 Å². The van der Waals surface area contributed by atoms with Crippen LogP contribution in [0.5, 0.6) is 0 Å². The first-order valence-electron chi connectivity index (χ1n) is 16.6. The van der Waals surface area contributed by atoms with E-state index in [1.807, 2.05) is 24.3 Å². The van der Waals surface area contributed by atoms with E-state index < -0.39 is 64.6 Å². The number of hydrogen-bond donors (Lipinski definition) is 8. The van der Waals surface area contributed by atoms with E-state index in [1.165, 1.54) is 27.0 Å². The number of non-ortho nitro benzene ring substituents is 1. The number of amides is 4. The average molecular weight is 784 g/mol. The van der Waals surface area contributed by atoms with Crippen molar-refractivity contribution in [2.45, 2.75) is 57.3 Å². The predicted octanol–water partition coefficient (Wildman–Crippen LogP) is -7.90. The summed E-state index contributed by atoms with van der Waals surface area (Å²) in [6.07, 6.45) is 1.24. The number of hydrogen-bond acceptors (Lipinski definition) is 11. The Balaban J connectivity index is 0.00000702. The zero-order chi connectivity index (χ0) is 37.7. The number of pyridine rings is 1. The van der Waals surface area contributed by atoms with Crippen molar-refractivity contribution in [2.24, 2.45) is 11.7 Å². The van der Waals surface area contributed by atoms with Crippen molar-refractivity contribution in [2.75, 3.05) is 38.6 Å². The van der Waals surface area contributed by atoms with Crippen LogP contribution in [0.1, 0.15) is 33.1 Å². The summed E-state index contributed by atoms with van der Waals surface area (Å²) in [5.41, 5.74) is 14.7. The highest BCUT2D eigenvalue weighted by Gasteiger charge is 2.32. The van der Waals surface area contributed by atoms with Crippen LogP contribution in [0.4, 0.5) is 11.4 Å². The molecule has 0 aliphatic rings. The first kappa shape index (κ1) is 46.1. The van der Waals surface area contributed by atoms with Crippen molar-refractivity contribution in [3.63, 3.8) is 0 Å². The molecule has 0 saturated carbocycles. The summed E-state index contributed by atoms with van der Waals surface area (Å²) in [4.78, 5) is 78.0. The molecule has 292 valence electrons. The number of primary amides is 1. The summed E-state index contributed by atoms with van der Waals surface area (Å²) in [5, 5.41) is 27.1. The van der Waals surface area contributed by atoms with E-state index >= 15 is 0 Å². The van der Waals surface area contributed by atoms with Crippen molar-refractivity contribution in [1.82, 2.24) is 26.3 Å². The molecule has 0 fully saturated rings. The van der Waals surface area contributed by atoms with Crippen LogP contribution in [0, 0.1) is 16.0 Å². The molecule has 2 aromatic carbocycles. The lowest BCUT2D eigenvalue weighted by atomic mass is 10.00. The van der Waals surface area contributed by atoms with Gasteiger partial charge in [-0.25, -0.2) is 9.78 Å². The average Bonchev–Trinajstić information content (AvgIpc) is 3.11. The van der Waals surface area contributed by atoms with Crippen LogP contribution in [-0.2, 0) is 28.7 Å². The summed E-state index contributed by atoms with van der Waals surface area (Å²) in [7, 11) is 1.27. The minimum absolute atomic E-state index is 0. The van der Waals surface area contributed by atoms with Crippen LogP contribution < -0.4 is 68.6 Å². The maximum Gasteiger partial charge on any atom is 0.364 e. The number of carbonyl (C=O) groups excluding carboxylic acids is 5. The third kappa shape index (κ3) is 12.9. The Kier molecular flexibility index (Phi) is 19.4. The molecular weight excluding hydrogens is 735 g/mol. The number of methoxy groups -OCH3 is 1. The quantitative estimate of drug-likeness (QED) is 0.0175. The molecule has 1 heterocycles. The van der Waals surface area contributed by atoms with Gasteiger partial charge in [-0.2, -0.15) is 0 Å². The van der Waals surface area contributed by atoms with E-state index in [-0.39, 0.29) is 37.0 Å². The molecule has 0 aliphatic carbocycles. The molecule has 3 rings (SSSR count). The number of esters is 1. The normalized spacial score (nSPS) is 13.5. The number of nitro benzene ring substituents is 1. The smallest absolute Gasteiger partial charge is 0.364 e. The minimum atomic E-state index is -1.30. The Morgan fingerprint density at radius 3 is 2.17 bits per heavy atom. The topological polar surface area (TPSA) is 292 Å². The number of aromatic nitrogens is 1. The fraction of sp³-hybridized carbons (Fsp3) is 0.455. The van der Waals surface area contributed by atoms with E-state index in [0.29, 0.717) is 61.0 Å². The Labute approximate surface area is 318 Å². The minimum Gasteiger partial charge on any atom is -1.00 e. The van der Waals surface area contributed by atoms with Crippen LogP contribution in [0.3, 0.4) is 0 Å². The van der Waals surface area contributed by atoms with E-state index in [9.17, 15) is 34.1 Å². The Morgan fingerprint density at radius 2 is 1.51 bits per heavy atom. The number of nitrogens with zero attached hydrogens (tertiary/aromatic N) is 2. The lowest BCUT2D eigenvalue weighted by molar-refractivity contribution is -0.414. The van der Waals surface area contributed by atoms with Gasteiger partial charge in [-0.1, -0.05) is 31.2 Å². The van der Waals surface area contributed by atoms with Gasteiger partial charge in [-0.15, -0.1) is 0 Å². The molecular formula is C33H48Cl2N10O8. The van der Waals surface area contributed by atoms with Gasteiger partial charge in [0, 0.05) is 50.5 Å². The Hall–Kier alpha value is -4.88. The molecule has 0 bridgehead atoms. The number of carbonyl (C=O) groups is 5. The van der Waals surface area contributed by atoms with Crippen LogP contribution in [0.15, 0.2) is 42.5 Å². The number of para-hydroxylation sites is 1. The van der Waals surface area contributed by atoms with Gasteiger partial charge in [0.15, 0.2) is 12.1 Å². The van der Waals surface area contributed by atoms with Crippen LogP contribution >= 0.6 is 0 Å². The maximum atomic E-state index is 13.1. The second-order valence-corrected chi connectivity index (χ2v) is 12.2. The third-order valence-electron chi connectivity index (χ3n) is 8.38. The lowest BCUT2D eigenvalue weighted by Gasteiger charge is -2.24. The molecule has 1 unspecified atom stereocenters. The van der Waals surface area contributed by atoms with Gasteiger partial charge >= 0.3 is 5.97 Å². The summed E-state index contributed by atoms with van der Waals surface area (Å²) >= 11 is 0. The van der Waals surface area contributed by atoms with Gasteiger partial charge in [0.25, 0.3) is 11.6 Å². The van der Waals surface area contributed by atoms with Gasteiger partial charge in [-0.3, -0.25) is 29.3 Å². The molecule has 0 saturated heterocycles. The zero-order valence-electron chi connectivity index (χ0n) is 29.8. The summed E-state index contributed by atoms with van der Waals surface area (Å²) in [6, 6.07) is 8.47. The van der Waals surface area contributed by atoms with Crippen LogP contribution in [0.25, 0.3) is 21.8 Å². The van der Waals surface area contributed by atoms with Gasteiger partial charge in [0.1, 0.15) is 17.5 Å². The number of anilines is 1. The SMILES string of the molecule is COC(=O)[C@H]([NH3+])CCC[C@H]([NH3+])C(=O)N[C@@H](C)C(=O)N[C@@H](C(=O)NCCNCCNc1c2ccccc2nc2cccc([N+](=O)[O-])c12)C(C)C(N)=O.[Cl-].[Cl-]. The van der Waals surface area contributed by atoms with Crippen molar-refractivity contribution in [3.05, 3.63) is 52.6 Å². The predicted molar refractivity (Wildman–Crippen MR) is 187 cm³/mol. The second-order valence-electron chi connectivity index (χ2n) is 12.2. The zero-order valence-corrected chi connectivity index (χ0v) is 31.3. The highest BCUT2D eigenvalue weighted by Crippen LogP contribution is 2.36. The van der Waals surface area contributed by atoms with Gasteiger partial charge < -0.3 is 73.3 Å². The molecule has 3 aromatic rings. The van der Waals surface area contributed by atoms with Crippen LogP contribution in [-0.4, -0.2) is 97.0 Å². The number of quaternary nitrogens is 2. The molecule has 53 heavy (non-hydrogen) atoms. The van der Waals surface area contributed by atoms with Crippen molar-refractivity contribution < 1.29 is 69.9 Å². The standard InChI is InChI=1S/C33H46N10O8.2ClH/c1-18(29(36)44)27(42-30(45)19(2)40-31(46)21(34)9-6-10-22(35)33(48)51-3)32(47)39-17-15-37-14-16-38-28-20-8-4-5-11-23(20)41-24-12-7-13-25(26(24)28)43(49)50;;/h4-5,7-8,11-13,18-19,21-22,27,37H,6,9-10,14-17,34-35H2,1-3H3,(H2,36,44)(H,38,41)(H,39,47)(H,40,46)(H,42,45);2*1H/t18?,19-,21-,22+,27+;;/m0../s1. The van der Waals surface area contributed by atoms with Crippen LogP contribution in [0.2, 0.25) is 0 Å². The molecule has 13 N–H and O–H groups in total. The van der Waals surface area contributed by atoms with E-state index in [1.54, 1.807) is 12.1 Å². The van der Waals surface area contributed by atoms with Gasteiger partial charge in [-0.05, 0) is 25.5 Å². The first-order chi connectivity index (χ1) is 24.3. The highest BCUT2D eigenvalue weighted by atomic mass is 35.5. The fourth-order valence-corrected chi connectivity index (χ4v) is 5.33. The number of nitro groups is 1. The molecule has 0 radical (unpaired) electrons. The molecule has 20 heteroatoms. The molecule has 4 amide bonds. The molecule has 18 nitrogen and oxygen atoms in total. The van der Waals surface area contributed by atoms with Crippen molar-refractivity contribution in [1.29, 1.82) is 0 Å². The maximum absolute atomic E-state index is 13.1. The second kappa shape index (κ2) is 22.2. The highest BCUT2D eigenvalue weighted by molar-refractivity contribution is 6.11. The molecule has 5 atom stereocenters. The first-order valence-corrected chi connectivity index (χ1v) is 16.6. The molecule has 0 aliphatic heterocycles. The van der Waals surface area contributed by atoms with E-state index in [4.69, 9.17) is 5.73 Å².